The number of hydrogen-bond acceptors (Lipinski definition) is 4. The maximum absolute atomic E-state index is 5.68. The van der Waals surface area contributed by atoms with Crippen LogP contribution in [0.1, 0.15) is 17.9 Å². The van der Waals surface area contributed by atoms with Gasteiger partial charge in [0.15, 0.2) is 5.65 Å². The molecule has 5 heteroatoms. The van der Waals surface area contributed by atoms with Gasteiger partial charge in [0.2, 0.25) is 0 Å². The number of nitrogens with two attached hydrogens (primary N) is 1. The van der Waals surface area contributed by atoms with Gasteiger partial charge in [0.25, 0.3) is 0 Å². The molecule has 0 amide bonds. The van der Waals surface area contributed by atoms with E-state index in [1.54, 1.807) is 10.7 Å². The van der Waals surface area contributed by atoms with Crippen LogP contribution in [0.15, 0.2) is 18.6 Å². The second-order valence-corrected chi connectivity index (χ2v) is 4.50. The highest BCUT2D eigenvalue weighted by atomic mass is 15.2. The highest BCUT2D eigenvalue weighted by molar-refractivity contribution is 5.51. The molecule has 0 spiro atoms. The van der Waals surface area contributed by atoms with Crippen molar-refractivity contribution < 1.29 is 0 Å². The summed E-state index contributed by atoms with van der Waals surface area (Å²) in [4.78, 5) is 6.71. The van der Waals surface area contributed by atoms with E-state index >= 15 is 0 Å². The lowest BCUT2D eigenvalue weighted by molar-refractivity contribution is 0.412. The van der Waals surface area contributed by atoms with E-state index in [4.69, 9.17) is 5.73 Å². The first kappa shape index (κ1) is 9.59. The largest absolute Gasteiger partial charge is 0.396 e. The molecule has 1 saturated heterocycles. The fourth-order valence-electron chi connectivity index (χ4n) is 2.38. The van der Waals surface area contributed by atoms with Crippen molar-refractivity contribution in [2.24, 2.45) is 0 Å². The predicted octanol–water partition coefficient (Wildman–Crippen LogP) is 0.731. The first-order valence-electron chi connectivity index (χ1n) is 5.51. The Morgan fingerprint density at radius 3 is 3.06 bits per heavy atom. The van der Waals surface area contributed by atoms with Crippen LogP contribution >= 0.6 is 0 Å². The van der Waals surface area contributed by atoms with Crippen LogP contribution in [0.3, 0.4) is 0 Å². The van der Waals surface area contributed by atoms with Gasteiger partial charge in [-0.1, -0.05) is 0 Å². The quantitative estimate of drug-likeness (QED) is 0.765. The van der Waals surface area contributed by atoms with Crippen molar-refractivity contribution in [3.63, 3.8) is 0 Å². The highest BCUT2D eigenvalue weighted by Gasteiger charge is 2.24. The van der Waals surface area contributed by atoms with E-state index in [0.29, 0.717) is 11.6 Å². The van der Waals surface area contributed by atoms with E-state index in [2.05, 4.69) is 22.0 Å². The number of anilines is 1. The zero-order chi connectivity index (χ0) is 11.1. The average molecular weight is 217 g/mol. The molecule has 16 heavy (non-hydrogen) atoms. The number of rotatable bonds is 1. The molecule has 0 aliphatic carbocycles. The highest BCUT2D eigenvalue weighted by Crippen LogP contribution is 2.28. The van der Waals surface area contributed by atoms with Crippen LogP contribution in [0.5, 0.6) is 0 Å². The Morgan fingerprint density at radius 1 is 1.44 bits per heavy atom. The number of likely N-dealkylation sites (tertiary alicyclic amines) is 1. The summed E-state index contributed by atoms with van der Waals surface area (Å²) in [6, 6.07) is 0. The van der Waals surface area contributed by atoms with E-state index < -0.39 is 0 Å². The molecule has 2 aromatic heterocycles. The lowest BCUT2D eigenvalue weighted by Crippen LogP contribution is -2.13. The Bertz CT molecular complexity index is 518. The standard InChI is InChI=1S/C11H15N5/c1-15-3-2-8(6-15)10-5-14-16-7-9(12)4-13-11(10)16/h4-5,7-8H,2-3,6,12H2,1H3. The monoisotopic (exact) mass is 217 g/mol. The first-order chi connectivity index (χ1) is 7.74. The van der Waals surface area contributed by atoms with Gasteiger partial charge >= 0.3 is 0 Å². The fourth-order valence-corrected chi connectivity index (χ4v) is 2.38. The Hall–Kier alpha value is -1.62. The molecule has 2 N–H and O–H groups in total. The van der Waals surface area contributed by atoms with Gasteiger partial charge in [-0.2, -0.15) is 5.10 Å². The van der Waals surface area contributed by atoms with Crippen LogP contribution < -0.4 is 5.73 Å². The maximum Gasteiger partial charge on any atom is 0.158 e. The lowest BCUT2D eigenvalue weighted by atomic mass is 10.0. The Morgan fingerprint density at radius 2 is 2.31 bits per heavy atom. The molecule has 5 nitrogen and oxygen atoms in total. The maximum atomic E-state index is 5.68. The smallest absolute Gasteiger partial charge is 0.158 e. The zero-order valence-corrected chi connectivity index (χ0v) is 9.30. The molecular weight excluding hydrogens is 202 g/mol. The summed E-state index contributed by atoms with van der Waals surface area (Å²) in [6.07, 6.45) is 6.61. The Labute approximate surface area is 93.9 Å². The van der Waals surface area contributed by atoms with Crippen molar-refractivity contribution in [2.45, 2.75) is 12.3 Å². The molecule has 1 aliphatic heterocycles. The van der Waals surface area contributed by atoms with E-state index in [1.165, 1.54) is 12.0 Å². The SMILES string of the molecule is CN1CCC(c2cnn3cc(N)cnc23)C1. The number of fused-ring (bicyclic) bond motifs is 1. The van der Waals surface area contributed by atoms with Crippen molar-refractivity contribution in [1.82, 2.24) is 19.5 Å². The van der Waals surface area contributed by atoms with E-state index in [-0.39, 0.29) is 0 Å². The normalized spacial score (nSPS) is 21.9. The van der Waals surface area contributed by atoms with Crippen LogP contribution in [-0.2, 0) is 0 Å². The van der Waals surface area contributed by atoms with Crippen LogP contribution in [0.2, 0.25) is 0 Å². The third kappa shape index (κ3) is 1.44. The molecule has 3 rings (SSSR count). The van der Waals surface area contributed by atoms with E-state index in [1.807, 2.05) is 12.4 Å². The number of nitrogen functional groups attached to an aromatic ring is 1. The number of nitrogens with zero attached hydrogens (tertiary/aromatic N) is 4. The van der Waals surface area contributed by atoms with Gasteiger partial charge in [-0.3, -0.25) is 0 Å². The van der Waals surface area contributed by atoms with Gasteiger partial charge in [0.05, 0.1) is 24.3 Å². The zero-order valence-electron chi connectivity index (χ0n) is 9.30. The molecule has 3 heterocycles. The van der Waals surface area contributed by atoms with Crippen molar-refractivity contribution in [3.05, 3.63) is 24.2 Å². The Balaban J connectivity index is 2.04. The van der Waals surface area contributed by atoms with Gasteiger partial charge in [-0.15, -0.1) is 0 Å². The molecule has 1 fully saturated rings. The van der Waals surface area contributed by atoms with Gasteiger partial charge in [-0.25, -0.2) is 9.50 Å². The lowest BCUT2D eigenvalue weighted by Gasteiger charge is -2.08. The van der Waals surface area contributed by atoms with E-state index in [0.717, 1.165) is 18.7 Å². The summed E-state index contributed by atoms with van der Waals surface area (Å²) in [5.41, 5.74) is 8.50. The van der Waals surface area contributed by atoms with Crippen LogP contribution in [0.25, 0.3) is 5.65 Å². The van der Waals surface area contributed by atoms with Gasteiger partial charge in [0.1, 0.15) is 0 Å². The fraction of sp³-hybridized carbons (Fsp3) is 0.455. The summed E-state index contributed by atoms with van der Waals surface area (Å²) >= 11 is 0. The van der Waals surface area contributed by atoms with Gasteiger partial charge in [-0.05, 0) is 20.0 Å². The molecule has 1 atom stereocenters. The minimum absolute atomic E-state index is 0.554. The third-order valence-electron chi connectivity index (χ3n) is 3.23. The summed E-state index contributed by atoms with van der Waals surface area (Å²) in [5.74, 6) is 0.554. The van der Waals surface area contributed by atoms with Crippen LogP contribution in [-0.4, -0.2) is 39.6 Å². The number of likely N-dealkylation sites (N-methyl/N-ethyl adjacent to an activating group) is 1. The molecule has 0 bridgehead atoms. The molecule has 0 aromatic carbocycles. The predicted molar refractivity (Wildman–Crippen MR) is 62.3 cm³/mol. The van der Waals surface area contributed by atoms with Crippen LogP contribution in [0, 0.1) is 0 Å². The van der Waals surface area contributed by atoms with Crippen molar-refractivity contribution >= 4 is 11.3 Å². The molecular formula is C11H15N5. The topological polar surface area (TPSA) is 59.5 Å². The summed E-state index contributed by atoms with van der Waals surface area (Å²) in [7, 11) is 2.15. The van der Waals surface area contributed by atoms with E-state index in [9.17, 15) is 0 Å². The number of aromatic nitrogens is 3. The van der Waals surface area contributed by atoms with Gasteiger partial charge in [0, 0.05) is 18.0 Å². The minimum atomic E-state index is 0.554. The van der Waals surface area contributed by atoms with Crippen molar-refractivity contribution in [1.29, 1.82) is 0 Å². The summed E-state index contributed by atoms with van der Waals surface area (Å²) in [6.45, 7) is 2.24. The average Bonchev–Trinajstić information content (AvgIpc) is 2.83. The molecule has 1 aliphatic rings. The third-order valence-corrected chi connectivity index (χ3v) is 3.23. The van der Waals surface area contributed by atoms with Crippen molar-refractivity contribution in [2.75, 3.05) is 25.9 Å². The summed E-state index contributed by atoms with van der Waals surface area (Å²) in [5, 5.41) is 4.30. The Kier molecular flexibility index (Phi) is 2.07. The minimum Gasteiger partial charge on any atom is -0.396 e. The number of hydrogen-bond donors (Lipinski definition) is 1. The summed E-state index contributed by atoms with van der Waals surface area (Å²) < 4.78 is 1.77. The van der Waals surface area contributed by atoms with Crippen LogP contribution in [0.4, 0.5) is 5.69 Å². The molecule has 0 radical (unpaired) electrons. The second kappa shape index (κ2) is 3.45. The molecule has 0 saturated carbocycles. The molecule has 84 valence electrons. The first-order valence-corrected chi connectivity index (χ1v) is 5.51. The van der Waals surface area contributed by atoms with Crippen molar-refractivity contribution in [3.8, 4) is 0 Å². The molecule has 1 unspecified atom stereocenters. The molecule has 2 aromatic rings. The second-order valence-electron chi connectivity index (χ2n) is 4.50. The van der Waals surface area contributed by atoms with Gasteiger partial charge < -0.3 is 10.6 Å².